The standard InChI is InChI=1S/C16H28N2/c1-4-15(9-7-13(2)6-5-11-17)16-10-8-14(3)12-18-16/h5-6,13-16,18H,4,7-10,12H2,1-3H3/b6-5-. The van der Waals surface area contributed by atoms with Crippen molar-refractivity contribution < 1.29 is 0 Å². The number of nitrogens with zero attached hydrogens (tertiary/aromatic N) is 1. The topological polar surface area (TPSA) is 35.8 Å². The summed E-state index contributed by atoms with van der Waals surface area (Å²) in [5, 5.41) is 12.2. The number of allylic oxidation sites excluding steroid dienone is 2. The van der Waals surface area contributed by atoms with E-state index in [0.717, 1.165) is 17.9 Å². The molecule has 4 atom stereocenters. The van der Waals surface area contributed by atoms with E-state index in [4.69, 9.17) is 5.26 Å². The van der Waals surface area contributed by atoms with E-state index in [-0.39, 0.29) is 0 Å². The van der Waals surface area contributed by atoms with Crippen LogP contribution in [0.15, 0.2) is 12.2 Å². The van der Waals surface area contributed by atoms with Crippen molar-refractivity contribution in [2.75, 3.05) is 6.54 Å². The molecule has 0 spiro atoms. The Hall–Kier alpha value is -0.810. The van der Waals surface area contributed by atoms with Crippen LogP contribution in [0.2, 0.25) is 0 Å². The zero-order valence-corrected chi connectivity index (χ0v) is 12.2. The van der Waals surface area contributed by atoms with Crippen molar-refractivity contribution in [3.05, 3.63) is 12.2 Å². The van der Waals surface area contributed by atoms with Crippen LogP contribution < -0.4 is 5.32 Å². The highest BCUT2D eigenvalue weighted by molar-refractivity contribution is 5.03. The molecule has 0 aromatic carbocycles. The van der Waals surface area contributed by atoms with E-state index in [0.29, 0.717) is 5.92 Å². The molecule has 0 saturated carbocycles. The lowest BCUT2D eigenvalue weighted by molar-refractivity contribution is 0.234. The summed E-state index contributed by atoms with van der Waals surface area (Å²) in [5.41, 5.74) is 0. The lowest BCUT2D eigenvalue weighted by Crippen LogP contribution is -2.42. The Bertz CT molecular complexity index is 282. The summed E-state index contributed by atoms with van der Waals surface area (Å²) < 4.78 is 0. The zero-order chi connectivity index (χ0) is 13.4. The number of nitrogens with one attached hydrogen (secondary N) is 1. The highest BCUT2D eigenvalue weighted by Gasteiger charge is 2.24. The number of piperidine rings is 1. The minimum absolute atomic E-state index is 0.529. The molecule has 0 aromatic rings. The van der Waals surface area contributed by atoms with E-state index < -0.39 is 0 Å². The lowest BCUT2D eigenvalue weighted by atomic mass is 9.83. The fraction of sp³-hybridized carbons (Fsp3) is 0.812. The Kier molecular flexibility index (Phi) is 7.05. The van der Waals surface area contributed by atoms with Gasteiger partial charge in [0.15, 0.2) is 0 Å². The van der Waals surface area contributed by atoms with Crippen molar-refractivity contribution >= 4 is 0 Å². The molecule has 1 fully saturated rings. The molecule has 2 nitrogen and oxygen atoms in total. The van der Waals surface area contributed by atoms with Crippen LogP contribution in [0.25, 0.3) is 0 Å². The molecule has 0 radical (unpaired) electrons. The Morgan fingerprint density at radius 3 is 2.72 bits per heavy atom. The fourth-order valence-electron chi connectivity index (χ4n) is 2.89. The summed E-state index contributed by atoms with van der Waals surface area (Å²) in [6, 6.07) is 2.80. The van der Waals surface area contributed by atoms with Crippen LogP contribution in [-0.4, -0.2) is 12.6 Å². The van der Waals surface area contributed by atoms with Crippen molar-refractivity contribution in [1.82, 2.24) is 5.32 Å². The summed E-state index contributed by atoms with van der Waals surface area (Å²) in [5.74, 6) is 2.17. The maximum absolute atomic E-state index is 8.52. The number of hydrogen-bond acceptors (Lipinski definition) is 2. The molecule has 1 rings (SSSR count). The molecular formula is C16H28N2. The van der Waals surface area contributed by atoms with Gasteiger partial charge in [-0.1, -0.05) is 33.3 Å². The predicted octanol–water partition coefficient (Wildman–Crippen LogP) is 3.90. The molecule has 1 aliphatic heterocycles. The van der Waals surface area contributed by atoms with E-state index in [1.165, 1.54) is 38.6 Å². The first-order valence-electron chi connectivity index (χ1n) is 7.47. The third-order valence-electron chi connectivity index (χ3n) is 4.28. The molecule has 18 heavy (non-hydrogen) atoms. The third kappa shape index (κ3) is 5.23. The SMILES string of the molecule is CCC(CCC(C)/C=C\C#N)C1CCC(C)CN1. The van der Waals surface area contributed by atoms with Gasteiger partial charge in [-0.25, -0.2) is 0 Å². The van der Waals surface area contributed by atoms with Gasteiger partial charge in [0, 0.05) is 12.1 Å². The number of nitriles is 1. The van der Waals surface area contributed by atoms with Gasteiger partial charge in [0.05, 0.1) is 6.07 Å². The van der Waals surface area contributed by atoms with Crippen LogP contribution in [0.1, 0.15) is 52.9 Å². The Balaban J connectivity index is 2.33. The smallest absolute Gasteiger partial charge is 0.0908 e. The average Bonchev–Trinajstić information content (AvgIpc) is 2.39. The predicted molar refractivity (Wildman–Crippen MR) is 77.1 cm³/mol. The van der Waals surface area contributed by atoms with Gasteiger partial charge < -0.3 is 5.32 Å². The molecule has 1 N–H and O–H groups in total. The third-order valence-corrected chi connectivity index (χ3v) is 4.28. The second-order valence-electron chi connectivity index (χ2n) is 5.91. The number of rotatable bonds is 6. The Labute approximate surface area is 112 Å². The van der Waals surface area contributed by atoms with Crippen molar-refractivity contribution in [2.24, 2.45) is 17.8 Å². The van der Waals surface area contributed by atoms with Gasteiger partial charge in [0.25, 0.3) is 0 Å². The molecule has 102 valence electrons. The van der Waals surface area contributed by atoms with Crippen LogP contribution in [0.4, 0.5) is 0 Å². The first kappa shape index (κ1) is 15.2. The normalized spacial score (nSPS) is 27.9. The van der Waals surface area contributed by atoms with Gasteiger partial charge in [-0.15, -0.1) is 0 Å². The fourth-order valence-corrected chi connectivity index (χ4v) is 2.89. The van der Waals surface area contributed by atoms with E-state index >= 15 is 0 Å². The first-order chi connectivity index (χ1) is 8.67. The van der Waals surface area contributed by atoms with Gasteiger partial charge in [0.1, 0.15) is 0 Å². The largest absolute Gasteiger partial charge is 0.313 e. The van der Waals surface area contributed by atoms with Gasteiger partial charge >= 0.3 is 0 Å². The quantitative estimate of drug-likeness (QED) is 0.724. The molecule has 2 heteroatoms. The molecule has 0 bridgehead atoms. The van der Waals surface area contributed by atoms with Crippen LogP contribution in [0, 0.1) is 29.1 Å². The maximum atomic E-state index is 8.52. The van der Waals surface area contributed by atoms with E-state index in [2.05, 4.69) is 32.2 Å². The highest BCUT2D eigenvalue weighted by Crippen LogP contribution is 2.26. The summed E-state index contributed by atoms with van der Waals surface area (Å²) in [7, 11) is 0. The molecule has 4 unspecified atom stereocenters. The van der Waals surface area contributed by atoms with Crippen molar-refractivity contribution in [1.29, 1.82) is 5.26 Å². The second-order valence-corrected chi connectivity index (χ2v) is 5.91. The Morgan fingerprint density at radius 1 is 1.39 bits per heavy atom. The minimum Gasteiger partial charge on any atom is -0.313 e. The van der Waals surface area contributed by atoms with Gasteiger partial charge in [-0.3, -0.25) is 0 Å². The minimum atomic E-state index is 0.529. The zero-order valence-electron chi connectivity index (χ0n) is 12.2. The highest BCUT2D eigenvalue weighted by atomic mass is 14.9. The van der Waals surface area contributed by atoms with Crippen LogP contribution in [0.5, 0.6) is 0 Å². The van der Waals surface area contributed by atoms with Crippen molar-refractivity contribution in [3.63, 3.8) is 0 Å². The molecular weight excluding hydrogens is 220 g/mol. The molecule has 0 aliphatic carbocycles. The summed E-state index contributed by atoms with van der Waals surface area (Å²) in [6.45, 7) is 8.03. The lowest BCUT2D eigenvalue weighted by Gasteiger charge is -2.34. The second kappa shape index (κ2) is 8.32. The van der Waals surface area contributed by atoms with E-state index in [1.54, 1.807) is 6.08 Å². The van der Waals surface area contributed by atoms with Crippen molar-refractivity contribution in [2.45, 2.75) is 58.9 Å². The molecule has 0 amide bonds. The molecule has 1 heterocycles. The maximum Gasteiger partial charge on any atom is 0.0908 e. The van der Waals surface area contributed by atoms with Crippen LogP contribution >= 0.6 is 0 Å². The van der Waals surface area contributed by atoms with Crippen molar-refractivity contribution in [3.8, 4) is 6.07 Å². The molecule has 0 aromatic heterocycles. The monoisotopic (exact) mass is 248 g/mol. The van der Waals surface area contributed by atoms with Crippen LogP contribution in [-0.2, 0) is 0 Å². The summed E-state index contributed by atoms with van der Waals surface area (Å²) in [6.07, 6.45) is 10.1. The van der Waals surface area contributed by atoms with Gasteiger partial charge in [0.2, 0.25) is 0 Å². The van der Waals surface area contributed by atoms with Gasteiger partial charge in [-0.2, -0.15) is 5.26 Å². The molecule has 1 saturated heterocycles. The van der Waals surface area contributed by atoms with E-state index in [1.807, 2.05) is 6.08 Å². The summed E-state index contributed by atoms with van der Waals surface area (Å²) in [4.78, 5) is 0. The van der Waals surface area contributed by atoms with E-state index in [9.17, 15) is 0 Å². The van der Waals surface area contributed by atoms with Gasteiger partial charge in [-0.05, 0) is 50.0 Å². The average molecular weight is 248 g/mol. The number of hydrogen-bond donors (Lipinski definition) is 1. The first-order valence-corrected chi connectivity index (χ1v) is 7.47. The Morgan fingerprint density at radius 2 is 2.17 bits per heavy atom. The summed E-state index contributed by atoms with van der Waals surface area (Å²) >= 11 is 0. The molecule has 1 aliphatic rings. The van der Waals surface area contributed by atoms with Crippen LogP contribution in [0.3, 0.4) is 0 Å².